The van der Waals surface area contributed by atoms with Gasteiger partial charge in [0.1, 0.15) is 5.60 Å². The Morgan fingerprint density at radius 1 is 1.21 bits per heavy atom. The molecule has 1 fully saturated rings. The summed E-state index contributed by atoms with van der Waals surface area (Å²) in [4.78, 5) is 13.7. The van der Waals surface area contributed by atoms with Crippen LogP contribution in [-0.4, -0.2) is 24.7 Å². The lowest BCUT2D eigenvalue weighted by molar-refractivity contribution is -0.160. The summed E-state index contributed by atoms with van der Waals surface area (Å²) < 4.78 is 45.0. The Labute approximate surface area is 139 Å². The van der Waals surface area contributed by atoms with E-state index in [0.29, 0.717) is 25.9 Å². The maximum Gasteiger partial charge on any atom is 0.418 e. The quantitative estimate of drug-likeness (QED) is 0.654. The maximum atomic E-state index is 13.2. The first-order valence-corrected chi connectivity index (χ1v) is 7.92. The van der Waals surface area contributed by atoms with Gasteiger partial charge in [-0.1, -0.05) is 0 Å². The average molecular weight is 344 g/mol. The molecule has 2 N–H and O–H groups in total. The van der Waals surface area contributed by atoms with E-state index in [9.17, 15) is 18.0 Å². The minimum absolute atomic E-state index is 0.0784. The molecule has 1 aliphatic rings. The number of carbonyl (C=O) groups excluding carboxylic acids is 1. The van der Waals surface area contributed by atoms with Gasteiger partial charge in [-0.3, -0.25) is 4.79 Å². The molecule has 1 aliphatic heterocycles. The van der Waals surface area contributed by atoms with E-state index in [1.807, 2.05) is 0 Å². The molecule has 0 aliphatic carbocycles. The minimum atomic E-state index is -4.47. The first-order valence-electron chi connectivity index (χ1n) is 7.92. The zero-order valence-electron chi connectivity index (χ0n) is 14.1. The molecular weight excluding hydrogens is 321 g/mol. The van der Waals surface area contributed by atoms with Crippen molar-refractivity contribution in [3.63, 3.8) is 0 Å². The Balaban J connectivity index is 2.09. The molecule has 1 aromatic carbocycles. The van der Waals surface area contributed by atoms with Crippen molar-refractivity contribution in [2.45, 2.75) is 45.4 Å². The summed E-state index contributed by atoms with van der Waals surface area (Å²) >= 11 is 0. The number of hydrogen-bond acceptors (Lipinski definition) is 4. The van der Waals surface area contributed by atoms with E-state index in [1.165, 1.54) is 12.1 Å². The van der Waals surface area contributed by atoms with Gasteiger partial charge >= 0.3 is 12.1 Å². The Morgan fingerprint density at radius 3 is 2.29 bits per heavy atom. The van der Waals surface area contributed by atoms with Crippen molar-refractivity contribution in [2.75, 3.05) is 23.7 Å². The van der Waals surface area contributed by atoms with Crippen LogP contribution >= 0.6 is 0 Å². The van der Waals surface area contributed by atoms with Crippen molar-refractivity contribution in [2.24, 2.45) is 5.92 Å². The van der Waals surface area contributed by atoms with Crippen LogP contribution in [0.25, 0.3) is 0 Å². The minimum Gasteiger partial charge on any atom is -0.460 e. The third-order valence-corrected chi connectivity index (χ3v) is 3.90. The lowest BCUT2D eigenvalue weighted by Crippen LogP contribution is -2.39. The largest absolute Gasteiger partial charge is 0.460 e. The first-order chi connectivity index (χ1) is 11.0. The van der Waals surface area contributed by atoms with E-state index in [2.05, 4.69) is 0 Å². The lowest BCUT2D eigenvalue weighted by Gasteiger charge is -2.35. The van der Waals surface area contributed by atoms with Crippen molar-refractivity contribution in [3.05, 3.63) is 23.8 Å². The van der Waals surface area contributed by atoms with Gasteiger partial charge in [-0.25, -0.2) is 0 Å². The highest BCUT2D eigenvalue weighted by molar-refractivity contribution is 5.73. The molecule has 4 nitrogen and oxygen atoms in total. The van der Waals surface area contributed by atoms with Crippen molar-refractivity contribution < 1.29 is 22.7 Å². The fraction of sp³-hybridized carbons (Fsp3) is 0.588. The zero-order chi connectivity index (χ0) is 18.1. The number of ether oxygens (including phenoxy) is 1. The Morgan fingerprint density at radius 2 is 1.79 bits per heavy atom. The number of carbonyl (C=O) groups is 1. The molecule has 7 heteroatoms. The number of esters is 1. The molecule has 0 radical (unpaired) electrons. The molecule has 1 saturated heterocycles. The average Bonchev–Trinajstić information content (AvgIpc) is 2.44. The molecule has 2 rings (SSSR count). The summed E-state index contributed by atoms with van der Waals surface area (Å²) in [5, 5.41) is 0. The number of anilines is 2. The van der Waals surface area contributed by atoms with Crippen LogP contribution in [0.5, 0.6) is 0 Å². The van der Waals surface area contributed by atoms with E-state index >= 15 is 0 Å². The van der Waals surface area contributed by atoms with Crippen LogP contribution < -0.4 is 10.6 Å². The second-order valence-electron chi connectivity index (χ2n) is 7.07. The number of halogens is 3. The second-order valence-corrected chi connectivity index (χ2v) is 7.07. The highest BCUT2D eigenvalue weighted by Crippen LogP contribution is 2.39. The third-order valence-electron chi connectivity index (χ3n) is 3.90. The van der Waals surface area contributed by atoms with Gasteiger partial charge in [0.25, 0.3) is 0 Å². The summed E-state index contributed by atoms with van der Waals surface area (Å²) in [7, 11) is 0. The van der Waals surface area contributed by atoms with Crippen LogP contribution in [0.4, 0.5) is 24.5 Å². The molecule has 0 unspecified atom stereocenters. The first kappa shape index (κ1) is 18.4. The molecule has 0 saturated carbocycles. The molecular formula is C17H23F3N2O2. The molecule has 0 bridgehead atoms. The van der Waals surface area contributed by atoms with E-state index in [4.69, 9.17) is 10.5 Å². The summed E-state index contributed by atoms with van der Waals surface area (Å²) in [5.41, 5.74) is 4.38. The maximum absolute atomic E-state index is 13.2. The van der Waals surface area contributed by atoms with E-state index in [1.54, 1.807) is 25.7 Å². The number of alkyl halides is 3. The molecule has 0 spiro atoms. The number of rotatable bonds is 2. The number of benzene rings is 1. The summed E-state index contributed by atoms with van der Waals surface area (Å²) in [6, 6.07) is 3.81. The third kappa shape index (κ3) is 4.55. The van der Waals surface area contributed by atoms with Crippen LogP contribution in [0.1, 0.15) is 39.2 Å². The number of nitrogens with zero attached hydrogens (tertiary/aromatic N) is 1. The topological polar surface area (TPSA) is 55.6 Å². The molecule has 0 atom stereocenters. The standard InChI is InChI=1S/C17H23F3N2O2/c1-16(2,3)24-15(23)11-6-8-22(9-7-11)14-5-4-12(21)10-13(14)17(18,19)20/h4-5,10-11H,6-9,21H2,1-3H3. The number of hydrogen-bond donors (Lipinski definition) is 1. The van der Waals surface area contributed by atoms with Crippen LogP contribution in [0.15, 0.2) is 18.2 Å². The van der Waals surface area contributed by atoms with Gasteiger partial charge in [0, 0.05) is 24.5 Å². The van der Waals surface area contributed by atoms with Gasteiger partial charge in [0.2, 0.25) is 0 Å². The SMILES string of the molecule is CC(C)(C)OC(=O)C1CCN(c2ccc(N)cc2C(F)(F)F)CC1. The number of nitrogen functional groups attached to an aromatic ring is 1. The van der Waals surface area contributed by atoms with Crippen LogP contribution in [0.2, 0.25) is 0 Å². The molecule has 0 amide bonds. The fourth-order valence-electron chi connectivity index (χ4n) is 2.80. The Hall–Kier alpha value is -1.92. The van der Waals surface area contributed by atoms with Crippen molar-refractivity contribution >= 4 is 17.3 Å². The van der Waals surface area contributed by atoms with Crippen LogP contribution in [-0.2, 0) is 15.7 Å². The van der Waals surface area contributed by atoms with Crippen molar-refractivity contribution in [1.82, 2.24) is 0 Å². The highest BCUT2D eigenvalue weighted by atomic mass is 19.4. The highest BCUT2D eigenvalue weighted by Gasteiger charge is 2.37. The number of piperidine rings is 1. The van der Waals surface area contributed by atoms with Crippen LogP contribution in [0, 0.1) is 5.92 Å². The van der Waals surface area contributed by atoms with Crippen molar-refractivity contribution in [1.29, 1.82) is 0 Å². The van der Waals surface area contributed by atoms with Gasteiger partial charge < -0.3 is 15.4 Å². The summed E-state index contributed by atoms with van der Waals surface area (Å²) in [5.74, 6) is -0.556. The lowest BCUT2D eigenvalue weighted by atomic mass is 9.95. The van der Waals surface area contributed by atoms with Crippen molar-refractivity contribution in [3.8, 4) is 0 Å². The Bertz CT molecular complexity index is 601. The normalized spacial score (nSPS) is 17.0. The zero-order valence-corrected chi connectivity index (χ0v) is 14.1. The van der Waals surface area contributed by atoms with Gasteiger partial charge in [-0.15, -0.1) is 0 Å². The van der Waals surface area contributed by atoms with Gasteiger partial charge in [-0.05, 0) is 51.8 Å². The van der Waals surface area contributed by atoms with E-state index < -0.39 is 17.3 Å². The van der Waals surface area contributed by atoms with E-state index in [-0.39, 0.29) is 23.3 Å². The second kappa shape index (κ2) is 6.53. The fourth-order valence-corrected chi connectivity index (χ4v) is 2.80. The smallest absolute Gasteiger partial charge is 0.418 e. The predicted molar refractivity (Wildman–Crippen MR) is 86.6 cm³/mol. The summed E-state index contributed by atoms with van der Waals surface area (Å²) in [6.07, 6.45) is -3.53. The molecule has 0 aromatic heterocycles. The van der Waals surface area contributed by atoms with Crippen LogP contribution in [0.3, 0.4) is 0 Å². The van der Waals surface area contributed by atoms with Gasteiger partial charge in [0.15, 0.2) is 0 Å². The van der Waals surface area contributed by atoms with Gasteiger partial charge in [0.05, 0.1) is 11.5 Å². The predicted octanol–water partition coefficient (Wildman–Crippen LogP) is 3.85. The monoisotopic (exact) mass is 344 g/mol. The molecule has 24 heavy (non-hydrogen) atoms. The summed E-state index contributed by atoms with van der Waals surface area (Å²) in [6.45, 7) is 6.13. The molecule has 134 valence electrons. The van der Waals surface area contributed by atoms with Gasteiger partial charge in [-0.2, -0.15) is 13.2 Å². The number of nitrogens with two attached hydrogens (primary N) is 1. The van der Waals surface area contributed by atoms with E-state index in [0.717, 1.165) is 6.07 Å². The molecule has 1 aromatic rings. The molecule has 1 heterocycles. The Kier molecular flexibility index (Phi) is 5.01.